The van der Waals surface area contributed by atoms with E-state index in [9.17, 15) is 9.59 Å². The van der Waals surface area contributed by atoms with Gasteiger partial charge in [0.1, 0.15) is 0 Å². The van der Waals surface area contributed by atoms with E-state index in [0.29, 0.717) is 28.4 Å². The zero-order valence-corrected chi connectivity index (χ0v) is 12.6. The summed E-state index contributed by atoms with van der Waals surface area (Å²) in [5.41, 5.74) is 8.15. The Kier molecular flexibility index (Phi) is 3.86. The van der Waals surface area contributed by atoms with Crippen LogP contribution in [0.2, 0.25) is 5.02 Å². The Morgan fingerprint density at radius 3 is 2.59 bits per heavy atom. The standard InChI is InChI=1S/C17H15ClN2O2/c18-12-6-4-10(5-7-12)8-11-9-15(21)16-13(19)2-1-3-14(16)20-17(11)22/h1-7,11H,8-9,19H2,(H,20,22)/t11-/m1/s1. The molecule has 1 atom stereocenters. The van der Waals surface area contributed by atoms with E-state index in [1.54, 1.807) is 30.3 Å². The van der Waals surface area contributed by atoms with Crippen LogP contribution in [0.25, 0.3) is 0 Å². The third-order valence-corrected chi connectivity index (χ3v) is 4.08. The molecule has 3 N–H and O–H groups in total. The summed E-state index contributed by atoms with van der Waals surface area (Å²) in [6.45, 7) is 0. The molecule has 4 nitrogen and oxygen atoms in total. The number of rotatable bonds is 2. The molecule has 0 unspecified atom stereocenters. The Morgan fingerprint density at radius 1 is 1.14 bits per heavy atom. The number of carbonyl (C=O) groups excluding carboxylic acids is 2. The molecular weight excluding hydrogens is 300 g/mol. The first-order valence-electron chi connectivity index (χ1n) is 7.01. The number of ketones is 1. The normalized spacial score (nSPS) is 17.6. The summed E-state index contributed by atoms with van der Waals surface area (Å²) in [5.74, 6) is -0.682. The maximum atomic E-state index is 12.4. The molecule has 0 saturated carbocycles. The van der Waals surface area contributed by atoms with Gasteiger partial charge >= 0.3 is 0 Å². The predicted molar refractivity (Wildman–Crippen MR) is 87.1 cm³/mol. The van der Waals surface area contributed by atoms with Crippen molar-refractivity contribution in [2.24, 2.45) is 5.92 Å². The van der Waals surface area contributed by atoms with E-state index in [1.165, 1.54) is 0 Å². The molecule has 0 aliphatic carbocycles. The number of hydrogen-bond donors (Lipinski definition) is 2. The average molecular weight is 315 g/mol. The van der Waals surface area contributed by atoms with Crippen LogP contribution in [0.1, 0.15) is 22.3 Å². The van der Waals surface area contributed by atoms with E-state index >= 15 is 0 Å². The fraction of sp³-hybridized carbons (Fsp3) is 0.176. The molecule has 0 spiro atoms. The molecule has 3 rings (SSSR count). The monoisotopic (exact) mass is 314 g/mol. The zero-order valence-electron chi connectivity index (χ0n) is 11.8. The minimum atomic E-state index is -0.416. The van der Waals surface area contributed by atoms with Crippen molar-refractivity contribution in [2.45, 2.75) is 12.8 Å². The predicted octanol–water partition coefficient (Wildman–Crippen LogP) is 3.31. The van der Waals surface area contributed by atoms with Gasteiger partial charge in [0.05, 0.1) is 11.3 Å². The lowest BCUT2D eigenvalue weighted by molar-refractivity contribution is -0.119. The van der Waals surface area contributed by atoms with E-state index in [1.807, 2.05) is 12.1 Å². The van der Waals surface area contributed by atoms with Crippen molar-refractivity contribution in [2.75, 3.05) is 11.1 Å². The van der Waals surface area contributed by atoms with Crippen molar-refractivity contribution in [3.8, 4) is 0 Å². The lowest BCUT2D eigenvalue weighted by Crippen LogP contribution is -2.23. The van der Waals surface area contributed by atoms with Gasteiger partial charge in [0.15, 0.2) is 5.78 Å². The molecule has 1 aliphatic rings. The second kappa shape index (κ2) is 5.81. The smallest absolute Gasteiger partial charge is 0.228 e. The second-order valence-electron chi connectivity index (χ2n) is 5.41. The molecule has 1 aliphatic heterocycles. The van der Waals surface area contributed by atoms with Crippen LogP contribution in [0.4, 0.5) is 11.4 Å². The fourth-order valence-electron chi connectivity index (χ4n) is 2.71. The van der Waals surface area contributed by atoms with Crippen LogP contribution in [0.3, 0.4) is 0 Å². The Balaban J connectivity index is 1.87. The molecule has 1 amide bonds. The van der Waals surface area contributed by atoms with Crippen LogP contribution >= 0.6 is 11.6 Å². The SMILES string of the molecule is Nc1cccc2c1C(=O)C[C@@H](Cc1ccc(Cl)cc1)C(=O)N2. The molecule has 0 saturated heterocycles. The van der Waals surface area contributed by atoms with Crippen molar-refractivity contribution in [3.63, 3.8) is 0 Å². The molecule has 22 heavy (non-hydrogen) atoms. The Labute approximate surface area is 133 Å². The first kappa shape index (κ1) is 14.6. The number of anilines is 2. The minimum Gasteiger partial charge on any atom is -0.398 e. The molecule has 2 aromatic rings. The van der Waals surface area contributed by atoms with E-state index in [-0.39, 0.29) is 18.1 Å². The summed E-state index contributed by atoms with van der Waals surface area (Å²) in [6.07, 6.45) is 0.637. The topological polar surface area (TPSA) is 72.2 Å². The highest BCUT2D eigenvalue weighted by Crippen LogP contribution is 2.30. The molecule has 0 fully saturated rings. The van der Waals surface area contributed by atoms with Gasteiger partial charge in [-0.3, -0.25) is 9.59 Å². The minimum absolute atomic E-state index is 0.106. The number of nitrogens with one attached hydrogen (secondary N) is 1. The highest BCUT2D eigenvalue weighted by atomic mass is 35.5. The van der Waals surface area contributed by atoms with Crippen molar-refractivity contribution >= 4 is 34.7 Å². The van der Waals surface area contributed by atoms with E-state index in [2.05, 4.69) is 5.32 Å². The molecule has 0 radical (unpaired) electrons. The van der Waals surface area contributed by atoms with Crippen molar-refractivity contribution in [1.29, 1.82) is 0 Å². The molecule has 2 aromatic carbocycles. The third kappa shape index (κ3) is 2.83. The first-order valence-corrected chi connectivity index (χ1v) is 7.39. The molecular formula is C17H15ClN2O2. The summed E-state index contributed by atoms with van der Waals surface area (Å²) in [7, 11) is 0. The van der Waals surface area contributed by atoms with Gasteiger partial charge in [0.25, 0.3) is 0 Å². The maximum absolute atomic E-state index is 12.4. The number of Topliss-reactive ketones (excluding diaryl/α,β-unsaturated/α-hetero) is 1. The van der Waals surface area contributed by atoms with Gasteiger partial charge < -0.3 is 11.1 Å². The summed E-state index contributed by atoms with van der Waals surface area (Å²) in [5, 5.41) is 3.45. The van der Waals surface area contributed by atoms with Crippen LogP contribution in [0, 0.1) is 5.92 Å². The number of fused-ring (bicyclic) bond motifs is 1. The third-order valence-electron chi connectivity index (χ3n) is 3.83. The van der Waals surface area contributed by atoms with Crippen LogP contribution in [-0.2, 0) is 11.2 Å². The molecule has 1 heterocycles. The van der Waals surface area contributed by atoms with Crippen LogP contribution in [0.15, 0.2) is 42.5 Å². The quantitative estimate of drug-likeness (QED) is 0.835. The van der Waals surface area contributed by atoms with Gasteiger partial charge in [-0.15, -0.1) is 0 Å². The lowest BCUT2D eigenvalue weighted by atomic mass is 9.92. The molecule has 0 bridgehead atoms. The van der Waals surface area contributed by atoms with Gasteiger partial charge in [-0.1, -0.05) is 29.8 Å². The van der Waals surface area contributed by atoms with Crippen molar-refractivity contribution in [1.82, 2.24) is 0 Å². The van der Waals surface area contributed by atoms with Crippen molar-refractivity contribution < 1.29 is 9.59 Å². The highest BCUT2D eigenvalue weighted by molar-refractivity contribution is 6.30. The van der Waals surface area contributed by atoms with Crippen LogP contribution < -0.4 is 11.1 Å². The largest absolute Gasteiger partial charge is 0.398 e. The lowest BCUT2D eigenvalue weighted by Gasteiger charge is -2.12. The number of hydrogen-bond acceptors (Lipinski definition) is 3. The van der Waals surface area contributed by atoms with Crippen LogP contribution in [-0.4, -0.2) is 11.7 Å². The van der Waals surface area contributed by atoms with Crippen LogP contribution in [0.5, 0.6) is 0 Å². The van der Waals surface area contributed by atoms with Gasteiger partial charge in [0.2, 0.25) is 5.91 Å². The molecule has 0 aromatic heterocycles. The Hall–Kier alpha value is -2.33. The number of nitrogens with two attached hydrogens (primary N) is 1. The Bertz CT molecular complexity index is 741. The van der Waals surface area contributed by atoms with Gasteiger partial charge in [-0.25, -0.2) is 0 Å². The number of benzene rings is 2. The fourth-order valence-corrected chi connectivity index (χ4v) is 2.83. The number of nitrogen functional groups attached to an aromatic ring is 1. The maximum Gasteiger partial charge on any atom is 0.228 e. The van der Waals surface area contributed by atoms with E-state index in [0.717, 1.165) is 5.56 Å². The van der Waals surface area contributed by atoms with Gasteiger partial charge in [-0.2, -0.15) is 0 Å². The average Bonchev–Trinajstić information content (AvgIpc) is 2.59. The van der Waals surface area contributed by atoms with Gasteiger partial charge in [0, 0.05) is 23.0 Å². The number of halogens is 1. The summed E-state index contributed by atoms with van der Waals surface area (Å²) < 4.78 is 0. The Morgan fingerprint density at radius 2 is 1.86 bits per heavy atom. The van der Waals surface area contributed by atoms with E-state index in [4.69, 9.17) is 17.3 Å². The van der Waals surface area contributed by atoms with Gasteiger partial charge in [-0.05, 0) is 36.2 Å². The highest BCUT2D eigenvalue weighted by Gasteiger charge is 2.29. The number of carbonyl (C=O) groups is 2. The summed E-state index contributed by atoms with van der Waals surface area (Å²) in [4.78, 5) is 24.8. The first-order chi connectivity index (χ1) is 10.5. The molecule has 5 heteroatoms. The van der Waals surface area contributed by atoms with E-state index < -0.39 is 5.92 Å². The summed E-state index contributed by atoms with van der Waals surface area (Å²) in [6, 6.07) is 12.4. The summed E-state index contributed by atoms with van der Waals surface area (Å²) >= 11 is 5.86. The zero-order chi connectivity index (χ0) is 15.7. The number of amides is 1. The second-order valence-corrected chi connectivity index (χ2v) is 5.85. The van der Waals surface area contributed by atoms with Crippen molar-refractivity contribution in [3.05, 3.63) is 58.6 Å². The molecule has 112 valence electrons.